The summed E-state index contributed by atoms with van der Waals surface area (Å²) in [4.78, 5) is 38.0. The van der Waals surface area contributed by atoms with E-state index in [1.54, 1.807) is 29.2 Å². The molecule has 8 heteroatoms. The number of nitrogens with one attached hydrogen (secondary N) is 3. The Kier molecular flexibility index (Phi) is 6.43. The summed E-state index contributed by atoms with van der Waals surface area (Å²) in [7, 11) is 0. The molecule has 0 saturated carbocycles. The largest absolute Gasteiger partial charge is 0.341 e. The van der Waals surface area contributed by atoms with Gasteiger partial charge in [-0.3, -0.25) is 9.59 Å². The maximum Gasteiger partial charge on any atom is 0.319 e. The van der Waals surface area contributed by atoms with Crippen LogP contribution in [0.3, 0.4) is 0 Å². The molecule has 3 N–H and O–H groups in total. The second kappa shape index (κ2) is 9.18. The summed E-state index contributed by atoms with van der Waals surface area (Å²) in [5.41, 5.74) is 1.11. The Balaban J connectivity index is 1.55. The molecule has 0 unspecified atom stereocenters. The lowest BCUT2D eigenvalue weighted by molar-refractivity contribution is -0.127. The van der Waals surface area contributed by atoms with E-state index in [2.05, 4.69) is 16.0 Å². The van der Waals surface area contributed by atoms with Gasteiger partial charge in [-0.15, -0.1) is 0 Å². The number of halogens is 1. The fourth-order valence-electron chi connectivity index (χ4n) is 3.17. The molecule has 2 aromatic carbocycles. The second-order valence-electron chi connectivity index (χ2n) is 6.99. The van der Waals surface area contributed by atoms with E-state index < -0.39 is 17.8 Å². The zero-order valence-electron chi connectivity index (χ0n) is 16.1. The van der Waals surface area contributed by atoms with Crippen LogP contribution < -0.4 is 16.0 Å². The van der Waals surface area contributed by atoms with E-state index in [-0.39, 0.29) is 11.9 Å². The van der Waals surface area contributed by atoms with Crippen molar-refractivity contribution in [2.75, 3.05) is 23.7 Å². The summed E-state index contributed by atoms with van der Waals surface area (Å²) in [6.45, 7) is 3.01. The minimum absolute atomic E-state index is 0.107. The predicted octanol–water partition coefficient (Wildman–Crippen LogP) is 3.21. The molecule has 0 spiro atoms. The van der Waals surface area contributed by atoms with E-state index in [1.807, 2.05) is 6.92 Å². The Bertz CT molecular complexity index is 918. The van der Waals surface area contributed by atoms with Crippen molar-refractivity contribution in [2.45, 2.75) is 25.8 Å². The molecular weight excluding hydrogens is 375 g/mol. The third kappa shape index (κ3) is 5.78. The van der Waals surface area contributed by atoms with E-state index in [0.717, 1.165) is 13.0 Å². The average molecular weight is 398 g/mol. The summed E-state index contributed by atoms with van der Waals surface area (Å²) in [5.74, 6) is -0.753. The first kappa shape index (κ1) is 20.3. The molecule has 3 rings (SSSR count). The zero-order valence-corrected chi connectivity index (χ0v) is 16.1. The fourth-order valence-corrected chi connectivity index (χ4v) is 3.17. The van der Waals surface area contributed by atoms with Gasteiger partial charge < -0.3 is 20.9 Å². The van der Waals surface area contributed by atoms with Crippen LogP contribution >= 0.6 is 0 Å². The average Bonchev–Trinajstić information content (AvgIpc) is 3.06. The highest BCUT2D eigenvalue weighted by atomic mass is 19.1. The van der Waals surface area contributed by atoms with E-state index in [1.165, 1.54) is 24.3 Å². The van der Waals surface area contributed by atoms with Crippen LogP contribution in [-0.4, -0.2) is 41.9 Å². The molecular formula is C21H23FN4O3. The summed E-state index contributed by atoms with van der Waals surface area (Å²) in [5, 5.41) is 8.08. The molecule has 1 saturated heterocycles. The summed E-state index contributed by atoms with van der Waals surface area (Å²) in [6, 6.07) is 11.4. The van der Waals surface area contributed by atoms with Crippen LogP contribution in [-0.2, 0) is 4.79 Å². The van der Waals surface area contributed by atoms with Crippen LogP contribution in [0.1, 0.15) is 30.1 Å². The van der Waals surface area contributed by atoms with Gasteiger partial charge in [0.1, 0.15) is 5.82 Å². The molecule has 1 fully saturated rings. The van der Waals surface area contributed by atoms with Crippen molar-refractivity contribution < 1.29 is 18.8 Å². The van der Waals surface area contributed by atoms with Crippen LogP contribution in [0.15, 0.2) is 48.5 Å². The van der Waals surface area contributed by atoms with Crippen LogP contribution in [0, 0.1) is 5.82 Å². The Hall–Kier alpha value is -3.42. The van der Waals surface area contributed by atoms with Crippen LogP contribution in [0.4, 0.5) is 20.6 Å². The lowest BCUT2D eigenvalue weighted by Gasteiger charge is -2.21. The number of hydrogen-bond donors (Lipinski definition) is 3. The maximum atomic E-state index is 13.3. The normalized spacial score (nSPS) is 14.4. The number of urea groups is 1. The van der Waals surface area contributed by atoms with Crippen LogP contribution in [0.25, 0.3) is 0 Å². The van der Waals surface area contributed by atoms with E-state index in [0.29, 0.717) is 29.9 Å². The van der Waals surface area contributed by atoms with Gasteiger partial charge in [0.15, 0.2) is 0 Å². The predicted molar refractivity (Wildman–Crippen MR) is 108 cm³/mol. The number of rotatable bonds is 6. The van der Waals surface area contributed by atoms with Gasteiger partial charge in [-0.2, -0.15) is 0 Å². The molecule has 0 radical (unpaired) electrons. The van der Waals surface area contributed by atoms with Gasteiger partial charge >= 0.3 is 6.03 Å². The van der Waals surface area contributed by atoms with Gasteiger partial charge in [-0.25, -0.2) is 9.18 Å². The number of likely N-dealkylation sites (tertiary alicyclic amines) is 1. The fraction of sp³-hybridized carbons (Fsp3) is 0.286. The summed E-state index contributed by atoms with van der Waals surface area (Å²) < 4.78 is 13.3. The lowest BCUT2D eigenvalue weighted by atomic mass is 10.2. The van der Waals surface area contributed by atoms with Gasteiger partial charge in [-0.1, -0.05) is 12.1 Å². The highest BCUT2D eigenvalue weighted by Crippen LogP contribution is 2.15. The zero-order chi connectivity index (χ0) is 20.8. The number of hydrogen-bond acceptors (Lipinski definition) is 3. The molecule has 0 aliphatic carbocycles. The Morgan fingerprint density at radius 3 is 2.52 bits per heavy atom. The Labute approximate surface area is 168 Å². The number of carbonyl (C=O) groups is 3. The van der Waals surface area contributed by atoms with Gasteiger partial charge in [0.05, 0.1) is 0 Å². The van der Waals surface area contributed by atoms with Crippen molar-refractivity contribution >= 4 is 29.2 Å². The van der Waals surface area contributed by atoms with Crippen LogP contribution in [0.5, 0.6) is 0 Å². The molecule has 1 atom stereocenters. The smallest absolute Gasteiger partial charge is 0.319 e. The molecule has 7 nitrogen and oxygen atoms in total. The Morgan fingerprint density at radius 2 is 1.83 bits per heavy atom. The van der Waals surface area contributed by atoms with E-state index >= 15 is 0 Å². The maximum absolute atomic E-state index is 13.3. The molecule has 152 valence electrons. The number of amides is 4. The third-order valence-electron chi connectivity index (χ3n) is 4.51. The topological polar surface area (TPSA) is 90.5 Å². The summed E-state index contributed by atoms with van der Waals surface area (Å²) >= 11 is 0. The first-order valence-electron chi connectivity index (χ1n) is 9.43. The summed E-state index contributed by atoms with van der Waals surface area (Å²) in [6.07, 6.45) is 1.41. The van der Waals surface area contributed by atoms with Gasteiger partial charge in [0, 0.05) is 42.5 Å². The molecule has 0 bridgehead atoms. The van der Waals surface area contributed by atoms with Crippen LogP contribution in [0.2, 0.25) is 0 Å². The second-order valence-corrected chi connectivity index (χ2v) is 6.99. The van der Waals surface area contributed by atoms with Crippen molar-refractivity contribution in [3.05, 3.63) is 59.9 Å². The first-order chi connectivity index (χ1) is 13.9. The highest BCUT2D eigenvalue weighted by Gasteiger charge is 2.22. The van der Waals surface area contributed by atoms with E-state index in [9.17, 15) is 18.8 Å². The molecule has 4 amide bonds. The van der Waals surface area contributed by atoms with Crippen molar-refractivity contribution in [3.63, 3.8) is 0 Å². The molecule has 29 heavy (non-hydrogen) atoms. The minimum Gasteiger partial charge on any atom is -0.341 e. The highest BCUT2D eigenvalue weighted by molar-refractivity contribution is 6.05. The first-order valence-corrected chi connectivity index (χ1v) is 9.43. The molecule has 2 aromatic rings. The molecule has 1 aliphatic rings. The SMILES string of the molecule is C[C@H](CN1CCCC1=O)NC(=O)Nc1cccc(C(=O)Nc2cccc(F)c2)c1. The lowest BCUT2D eigenvalue weighted by Crippen LogP contribution is -2.44. The number of benzene rings is 2. The van der Waals surface area contributed by atoms with Crippen molar-refractivity contribution in [1.82, 2.24) is 10.2 Å². The standard InChI is InChI=1S/C21H23FN4O3/c1-14(13-26-10-4-9-19(26)27)23-21(29)25-17-7-2-5-15(11-17)20(28)24-18-8-3-6-16(22)12-18/h2-3,5-8,11-12,14H,4,9-10,13H2,1H3,(H,24,28)(H2,23,25,29)/t14-/m1/s1. The molecule has 1 heterocycles. The number of carbonyl (C=O) groups excluding carboxylic acids is 3. The molecule has 0 aromatic heterocycles. The van der Waals surface area contributed by atoms with Crippen molar-refractivity contribution in [2.24, 2.45) is 0 Å². The van der Waals surface area contributed by atoms with Crippen molar-refractivity contribution in [3.8, 4) is 0 Å². The quantitative estimate of drug-likeness (QED) is 0.698. The van der Waals surface area contributed by atoms with Gasteiger partial charge in [0.25, 0.3) is 5.91 Å². The van der Waals surface area contributed by atoms with Crippen molar-refractivity contribution in [1.29, 1.82) is 0 Å². The number of anilines is 2. The third-order valence-corrected chi connectivity index (χ3v) is 4.51. The monoisotopic (exact) mass is 398 g/mol. The Morgan fingerprint density at radius 1 is 1.10 bits per heavy atom. The minimum atomic E-state index is -0.445. The number of nitrogens with zero attached hydrogens (tertiary/aromatic N) is 1. The van der Waals surface area contributed by atoms with E-state index in [4.69, 9.17) is 0 Å². The van der Waals surface area contributed by atoms with Gasteiger partial charge in [-0.05, 0) is 49.7 Å². The van der Waals surface area contributed by atoms with Gasteiger partial charge in [0.2, 0.25) is 5.91 Å². The molecule has 1 aliphatic heterocycles.